The summed E-state index contributed by atoms with van der Waals surface area (Å²) in [5.41, 5.74) is 3.86. The fraction of sp³-hybridized carbons (Fsp3) is 0.296. The van der Waals surface area contributed by atoms with E-state index < -0.39 is 6.23 Å². The van der Waals surface area contributed by atoms with Gasteiger partial charge >= 0.3 is 0 Å². The minimum absolute atomic E-state index is 0.213. The number of aryl methyl sites for hydroxylation is 1. The first-order valence-electron chi connectivity index (χ1n) is 12.2. The van der Waals surface area contributed by atoms with Gasteiger partial charge in [-0.05, 0) is 31.5 Å². The Kier molecular flexibility index (Phi) is 7.43. The fourth-order valence-corrected chi connectivity index (χ4v) is 5.49. The average Bonchev–Trinajstić information content (AvgIpc) is 3.12. The van der Waals surface area contributed by atoms with Crippen LogP contribution in [0.5, 0.6) is 5.88 Å². The molecule has 190 valence electrons. The van der Waals surface area contributed by atoms with E-state index >= 15 is 0 Å². The normalized spacial score (nSPS) is 14.5. The molecular formula is C27H27ClN6O2S. The standard InChI is InChI=1S/C27H27ClN6O2S/c1-4-5-11-16-37-27-29-25-23(30-31-27)20-14-9-10-15-21(20)33(18(3)35)26(36-25)22-17(2)32-34(24(22)28)19-12-7-6-8-13-19/h6-10,12-15,26H,4-5,11,16H2,1-3H3/t26-/m0/s1. The van der Waals surface area contributed by atoms with Gasteiger partial charge in [0.2, 0.25) is 23.2 Å². The number of thioether (sulfide) groups is 1. The number of para-hydroxylation sites is 2. The van der Waals surface area contributed by atoms with Crippen molar-refractivity contribution < 1.29 is 9.53 Å². The van der Waals surface area contributed by atoms with Crippen molar-refractivity contribution in [2.45, 2.75) is 51.4 Å². The fourth-order valence-electron chi connectivity index (χ4n) is 4.35. The van der Waals surface area contributed by atoms with Crippen molar-refractivity contribution in [3.05, 3.63) is 71.0 Å². The number of ether oxygens (including phenoxy) is 1. The highest BCUT2D eigenvalue weighted by atomic mass is 35.5. The molecule has 0 fully saturated rings. The van der Waals surface area contributed by atoms with Crippen molar-refractivity contribution >= 4 is 35.0 Å². The zero-order chi connectivity index (χ0) is 25.9. The van der Waals surface area contributed by atoms with Crippen LogP contribution in [-0.4, -0.2) is 36.6 Å². The van der Waals surface area contributed by atoms with Gasteiger partial charge < -0.3 is 4.74 Å². The maximum Gasteiger partial charge on any atom is 0.247 e. The van der Waals surface area contributed by atoms with Crippen molar-refractivity contribution in [3.8, 4) is 22.8 Å². The lowest BCUT2D eigenvalue weighted by atomic mass is 10.1. The zero-order valence-electron chi connectivity index (χ0n) is 20.9. The van der Waals surface area contributed by atoms with E-state index in [1.54, 1.807) is 21.3 Å². The van der Waals surface area contributed by atoms with Crippen LogP contribution >= 0.6 is 23.4 Å². The van der Waals surface area contributed by atoms with Crippen molar-refractivity contribution in [1.82, 2.24) is 25.0 Å². The number of amides is 1. The van der Waals surface area contributed by atoms with Gasteiger partial charge in [0, 0.05) is 18.2 Å². The summed E-state index contributed by atoms with van der Waals surface area (Å²) in [5.74, 6) is 0.982. The van der Waals surface area contributed by atoms with Crippen LogP contribution in [0.1, 0.15) is 50.6 Å². The Morgan fingerprint density at radius 1 is 1.08 bits per heavy atom. The van der Waals surface area contributed by atoms with Gasteiger partial charge in [0.1, 0.15) is 5.15 Å². The molecule has 0 radical (unpaired) electrons. The average molecular weight is 535 g/mol. The van der Waals surface area contributed by atoms with Gasteiger partial charge in [0.05, 0.1) is 22.6 Å². The van der Waals surface area contributed by atoms with Crippen LogP contribution in [-0.2, 0) is 4.79 Å². The first-order chi connectivity index (χ1) is 18.0. The number of fused-ring (bicyclic) bond motifs is 3. The number of aromatic nitrogens is 5. The zero-order valence-corrected chi connectivity index (χ0v) is 22.5. The number of benzene rings is 2. The summed E-state index contributed by atoms with van der Waals surface area (Å²) < 4.78 is 8.17. The van der Waals surface area contributed by atoms with E-state index in [2.05, 4.69) is 22.2 Å². The second kappa shape index (κ2) is 10.9. The first-order valence-corrected chi connectivity index (χ1v) is 13.6. The first kappa shape index (κ1) is 25.2. The third kappa shape index (κ3) is 4.93. The van der Waals surface area contributed by atoms with Gasteiger partial charge in [-0.15, -0.1) is 10.2 Å². The molecule has 2 aromatic carbocycles. The molecule has 0 saturated carbocycles. The summed E-state index contributed by atoms with van der Waals surface area (Å²) in [6.07, 6.45) is 2.45. The van der Waals surface area contributed by atoms with Crippen molar-refractivity contribution in [1.29, 1.82) is 0 Å². The molecule has 37 heavy (non-hydrogen) atoms. The lowest BCUT2D eigenvalue weighted by Gasteiger charge is -2.29. The highest BCUT2D eigenvalue weighted by Crippen LogP contribution is 2.45. The highest BCUT2D eigenvalue weighted by Gasteiger charge is 2.38. The Hall–Kier alpha value is -3.43. The van der Waals surface area contributed by atoms with Gasteiger partial charge in [0.15, 0.2) is 5.69 Å². The van der Waals surface area contributed by atoms with Crippen LogP contribution < -0.4 is 9.64 Å². The van der Waals surface area contributed by atoms with Crippen molar-refractivity contribution in [2.75, 3.05) is 10.7 Å². The van der Waals surface area contributed by atoms with Crippen molar-refractivity contribution in [2.24, 2.45) is 0 Å². The van der Waals surface area contributed by atoms with Crippen LogP contribution in [0.15, 0.2) is 59.8 Å². The number of nitrogens with zero attached hydrogens (tertiary/aromatic N) is 6. The summed E-state index contributed by atoms with van der Waals surface area (Å²) >= 11 is 8.48. The topological polar surface area (TPSA) is 86.0 Å². The Bertz CT molecular complexity index is 1430. The summed E-state index contributed by atoms with van der Waals surface area (Å²) in [6.45, 7) is 5.53. The molecule has 0 spiro atoms. The second-order valence-corrected chi connectivity index (χ2v) is 10.1. The lowest BCUT2D eigenvalue weighted by molar-refractivity contribution is -0.118. The molecule has 0 aliphatic carbocycles. The van der Waals surface area contributed by atoms with Crippen LogP contribution in [0, 0.1) is 6.92 Å². The molecule has 0 unspecified atom stereocenters. The molecule has 2 aromatic heterocycles. The molecule has 1 aliphatic heterocycles. The maximum absolute atomic E-state index is 13.1. The molecule has 3 heterocycles. The summed E-state index contributed by atoms with van der Waals surface area (Å²) in [7, 11) is 0. The molecule has 1 amide bonds. The summed E-state index contributed by atoms with van der Waals surface area (Å²) in [4.78, 5) is 19.4. The molecule has 8 nitrogen and oxygen atoms in total. The summed E-state index contributed by atoms with van der Waals surface area (Å²) in [6, 6.07) is 17.1. The number of hydrogen-bond acceptors (Lipinski definition) is 7. The number of unbranched alkanes of at least 4 members (excludes halogenated alkanes) is 2. The summed E-state index contributed by atoms with van der Waals surface area (Å²) in [5, 5.41) is 14.4. The predicted molar refractivity (Wildman–Crippen MR) is 145 cm³/mol. The largest absolute Gasteiger partial charge is 0.447 e. The van der Waals surface area contributed by atoms with E-state index in [1.165, 1.54) is 6.92 Å². The molecule has 0 bridgehead atoms. The van der Waals surface area contributed by atoms with Gasteiger partial charge in [-0.25, -0.2) is 4.68 Å². The molecule has 0 saturated heterocycles. The maximum atomic E-state index is 13.1. The van der Waals surface area contributed by atoms with Gasteiger partial charge in [-0.1, -0.05) is 79.5 Å². The number of rotatable bonds is 7. The minimum atomic E-state index is -0.903. The number of halogens is 1. The SMILES string of the molecule is CCCCCSc1nnc2c(n1)O[C@@H](c1c(C)nn(-c3ccccc3)c1Cl)N(C(C)=O)c1ccccc1-2. The molecular weight excluding hydrogens is 508 g/mol. The molecule has 1 atom stereocenters. The second-order valence-electron chi connectivity index (χ2n) is 8.72. The third-order valence-corrected chi connectivity index (χ3v) is 7.41. The van der Waals surface area contributed by atoms with Crippen LogP contribution in [0.25, 0.3) is 16.9 Å². The molecule has 0 N–H and O–H groups in total. The van der Waals surface area contributed by atoms with Crippen LogP contribution in [0.2, 0.25) is 5.15 Å². The Morgan fingerprint density at radius 3 is 2.59 bits per heavy atom. The van der Waals surface area contributed by atoms with E-state index in [-0.39, 0.29) is 5.91 Å². The van der Waals surface area contributed by atoms with E-state index in [0.29, 0.717) is 44.4 Å². The number of anilines is 1. The van der Waals surface area contributed by atoms with E-state index in [4.69, 9.17) is 21.3 Å². The molecule has 5 rings (SSSR count). The molecule has 10 heteroatoms. The lowest BCUT2D eigenvalue weighted by Crippen LogP contribution is -2.36. The minimum Gasteiger partial charge on any atom is -0.447 e. The molecule has 4 aromatic rings. The predicted octanol–water partition coefficient (Wildman–Crippen LogP) is 6.41. The number of hydrogen-bond donors (Lipinski definition) is 0. The van der Waals surface area contributed by atoms with Crippen molar-refractivity contribution in [3.63, 3.8) is 0 Å². The number of carbonyl (C=O) groups is 1. The van der Waals surface area contributed by atoms with Gasteiger partial charge in [-0.2, -0.15) is 10.1 Å². The van der Waals surface area contributed by atoms with Crippen LogP contribution in [0.3, 0.4) is 0 Å². The monoisotopic (exact) mass is 534 g/mol. The van der Waals surface area contributed by atoms with Gasteiger partial charge in [0.25, 0.3) is 0 Å². The van der Waals surface area contributed by atoms with E-state index in [0.717, 1.165) is 30.7 Å². The smallest absolute Gasteiger partial charge is 0.247 e. The van der Waals surface area contributed by atoms with E-state index in [1.807, 2.05) is 61.5 Å². The molecule has 1 aliphatic rings. The Labute approximate surface area is 225 Å². The Balaban J connectivity index is 1.64. The van der Waals surface area contributed by atoms with E-state index in [9.17, 15) is 4.79 Å². The Morgan fingerprint density at radius 2 is 1.84 bits per heavy atom. The quantitative estimate of drug-likeness (QED) is 0.200. The highest BCUT2D eigenvalue weighted by molar-refractivity contribution is 7.99. The number of carbonyl (C=O) groups excluding carboxylic acids is 1. The van der Waals surface area contributed by atoms with Gasteiger partial charge in [-0.3, -0.25) is 9.69 Å². The third-order valence-electron chi connectivity index (χ3n) is 6.13. The van der Waals surface area contributed by atoms with Crippen LogP contribution in [0.4, 0.5) is 5.69 Å².